The largest absolute Gasteiger partial charge is 0.445 e. The minimum Gasteiger partial charge on any atom is -0.445 e. The van der Waals surface area contributed by atoms with E-state index in [0.717, 1.165) is 5.56 Å². The lowest BCUT2D eigenvalue weighted by Gasteiger charge is -2.11. The van der Waals surface area contributed by atoms with Gasteiger partial charge in [-0.1, -0.05) is 36.4 Å². The van der Waals surface area contributed by atoms with E-state index in [1.165, 1.54) is 0 Å². The second kappa shape index (κ2) is 5.32. The van der Waals surface area contributed by atoms with Crippen LogP contribution in [0.2, 0.25) is 0 Å². The molecule has 1 amide bonds. The van der Waals surface area contributed by atoms with Crippen molar-refractivity contribution >= 4 is 6.09 Å². The highest BCUT2D eigenvalue weighted by Gasteiger charge is 2.13. The van der Waals surface area contributed by atoms with Crippen molar-refractivity contribution in [3.63, 3.8) is 0 Å². The van der Waals surface area contributed by atoms with Crippen LogP contribution in [0.1, 0.15) is 5.56 Å². The summed E-state index contributed by atoms with van der Waals surface area (Å²) in [7, 11) is 0. The minimum absolute atomic E-state index is 0.267. The number of alkyl carbamates (subject to hydrolysis) is 1. The van der Waals surface area contributed by atoms with Crippen LogP contribution in [0.3, 0.4) is 0 Å². The molecule has 84 valence electrons. The summed E-state index contributed by atoms with van der Waals surface area (Å²) >= 11 is 0. The summed E-state index contributed by atoms with van der Waals surface area (Å²) in [6.45, 7) is 0.798. The van der Waals surface area contributed by atoms with Gasteiger partial charge >= 0.3 is 6.09 Å². The molecule has 2 rings (SSSR count). The number of hydrogen-bond donors (Lipinski definition) is 1. The van der Waals surface area contributed by atoms with E-state index in [0.29, 0.717) is 6.61 Å². The fourth-order valence-electron chi connectivity index (χ4n) is 1.36. The Morgan fingerprint density at radius 1 is 1.44 bits per heavy atom. The van der Waals surface area contributed by atoms with E-state index in [2.05, 4.69) is 5.32 Å². The summed E-state index contributed by atoms with van der Waals surface area (Å²) in [6, 6.07) is 9.53. The fourth-order valence-corrected chi connectivity index (χ4v) is 1.36. The number of carbonyl (C=O) groups excluding carboxylic acids is 1. The smallest absolute Gasteiger partial charge is 0.409 e. The maximum Gasteiger partial charge on any atom is 0.409 e. The highest BCUT2D eigenvalue weighted by atomic mass is 16.6. The molecule has 0 aliphatic carbocycles. The minimum atomic E-state index is -0.472. The van der Waals surface area contributed by atoms with Crippen LogP contribution in [-0.4, -0.2) is 18.9 Å². The number of amides is 1. The normalized spacial score (nSPS) is 18.4. The molecular weight excluding hydrogens is 206 g/mol. The van der Waals surface area contributed by atoms with Crippen LogP contribution in [0, 0.1) is 0 Å². The monoisotopic (exact) mass is 219 g/mol. The average molecular weight is 219 g/mol. The summed E-state index contributed by atoms with van der Waals surface area (Å²) < 4.78 is 10.2. The molecule has 16 heavy (non-hydrogen) atoms. The van der Waals surface area contributed by atoms with Crippen molar-refractivity contribution in [2.24, 2.45) is 0 Å². The Morgan fingerprint density at radius 2 is 2.25 bits per heavy atom. The van der Waals surface area contributed by atoms with Crippen LogP contribution in [0.25, 0.3) is 0 Å². The summed E-state index contributed by atoms with van der Waals surface area (Å²) in [5.74, 6) is 0. The van der Waals surface area contributed by atoms with Crippen LogP contribution in [0.5, 0.6) is 0 Å². The van der Waals surface area contributed by atoms with Crippen molar-refractivity contribution in [3.8, 4) is 0 Å². The molecule has 4 nitrogen and oxygen atoms in total. The molecular formula is C12H13NO3. The van der Waals surface area contributed by atoms with Crippen molar-refractivity contribution in [2.45, 2.75) is 12.8 Å². The summed E-state index contributed by atoms with van der Waals surface area (Å²) in [5, 5.41) is 2.58. The van der Waals surface area contributed by atoms with E-state index in [1.54, 1.807) is 6.08 Å². The van der Waals surface area contributed by atoms with Gasteiger partial charge in [-0.25, -0.2) is 4.79 Å². The third-order valence-corrected chi connectivity index (χ3v) is 2.16. The Hall–Kier alpha value is -1.81. The lowest BCUT2D eigenvalue weighted by Crippen LogP contribution is -2.34. The standard InChI is InChI=1S/C12H13NO3/c14-12(13-11-7-4-8-15-11)16-9-10-5-2-1-3-6-10/h1-7,11H,8-9H2,(H,13,14). The number of ether oxygens (including phenoxy) is 2. The van der Waals surface area contributed by atoms with Crippen molar-refractivity contribution in [2.75, 3.05) is 6.61 Å². The summed E-state index contributed by atoms with van der Waals surface area (Å²) in [5.41, 5.74) is 0.959. The highest BCUT2D eigenvalue weighted by molar-refractivity contribution is 5.67. The number of carbonyl (C=O) groups is 1. The Labute approximate surface area is 93.9 Å². The molecule has 1 heterocycles. The van der Waals surface area contributed by atoms with Gasteiger partial charge in [-0.3, -0.25) is 5.32 Å². The molecule has 1 aliphatic heterocycles. The predicted octanol–water partition coefficient (Wildman–Crippen LogP) is 1.83. The first-order chi connectivity index (χ1) is 7.84. The Morgan fingerprint density at radius 3 is 2.94 bits per heavy atom. The molecule has 0 radical (unpaired) electrons. The Bertz CT molecular complexity index is 375. The molecule has 0 aromatic heterocycles. The summed E-state index contributed by atoms with van der Waals surface area (Å²) in [4.78, 5) is 11.3. The molecule has 1 aromatic rings. The number of rotatable bonds is 3. The maximum absolute atomic E-state index is 11.3. The van der Waals surface area contributed by atoms with Gasteiger partial charge in [0, 0.05) is 0 Å². The molecule has 4 heteroatoms. The van der Waals surface area contributed by atoms with E-state index in [-0.39, 0.29) is 12.8 Å². The molecule has 1 aliphatic rings. The predicted molar refractivity (Wildman–Crippen MR) is 58.6 cm³/mol. The van der Waals surface area contributed by atoms with E-state index >= 15 is 0 Å². The molecule has 0 spiro atoms. The van der Waals surface area contributed by atoms with Gasteiger partial charge in [-0.15, -0.1) is 0 Å². The van der Waals surface area contributed by atoms with Crippen molar-refractivity contribution < 1.29 is 14.3 Å². The van der Waals surface area contributed by atoms with Gasteiger partial charge in [0.1, 0.15) is 6.61 Å². The average Bonchev–Trinajstić information content (AvgIpc) is 2.81. The number of benzene rings is 1. The summed E-state index contributed by atoms with van der Waals surface area (Å²) in [6.07, 6.45) is 2.80. The van der Waals surface area contributed by atoms with Crippen LogP contribution in [-0.2, 0) is 16.1 Å². The molecule has 1 N–H and O–H groups in total. The topological polar surface area (TPSA) is 47.6 Å². The quantitative estimate of drug-likeness (QED) is 0.789. The Kier molecular flexibility index (Phi) is 3.56. The van der Waals surface area contributed by atoms with Gasteiger partial charge in [0.15, 0.2) is 6.23 Å². The third-order valence-electron chi connectivity index (χ3n) is 2.16. The molecule has 1 unspecified atom stereocenters. The zero-order chi connectivity index (χ0) is 11.2. The zero-order valence-corrected chi connectivity index (χ0v) is 8.76. The van der Waals surface area contributed by atoms with Gasteiger partial charge < -0.3 is 9.47 Å². The Balaban J connectivity index is 1.73. The first-order valence-electron chi connectivity index (χ1n) is 5.10. The molecule has 0 bridgehead atoms. The molecule has 0 saturated carbocycles. The van der Waals surface area contributed by atoms with E-state index in [9.17, 15) is 4.79 Å². The SMILES string of the molecule is O=C(NC1C=CCO1)OCc1ccccc1. The van der Waals surface area contributed by atoms with Crippen LogP contribution >= 0.6 is 0 Å². The van der Waals surface area contributed by atoms with E-state index in [1.807, 2.05) is 36.4 Å². The van der Waals surface area contributed by atoms with Crippen LogP contribution in [0.4, 0.5) is 4.79 Å². The second-order valence-electron chi connectivity index (χ2n) is 3.39. The molecule has 0 fully saturated rings. The first-order valence-corrected chi connectivity index (χ1v) is 5.10. The molecule has 1 atom stereocenters. The fraction of sp³-hybridized carbons (Fsp3) is 0.250. The highest BCUT2D eigenvalue weighted by Crippen LogP contribution is 2.02. The zero-order valence-electron chi connectivity index (χ0n) is 8.76. The van der Waals surface area contributed by atoms with Gasteiger partial charge in [0.05, 0.1) is 6.61 Å². The van der Waals surface area contributed by atoms with Gasteiger partial charge in [0.25, 0.3) is 0 Å². The maximum atomic E-state index is 11.3. The van der Waals surface area contributed by atoms with Crippen molar-refractivity contribution in [1.29, 1.82) is 0 Å². The van der Waals surface area contributed by atoms with E-state index < -0.39 is 6.09 Å². The van der Waals surface area contributed by atoms with Gasteiger partial charge in [-0.05, 0) is 11.6 Å². The van der Waals surface area contributed by atoms with Crippen LogP contribution in [0.15, 0.2) is 42.5 Å². The second-order valence-corrected chi connectivity index (χ2v) is 3.39. The van der Waals surface area contributed by atoms with Gasteiger partial charge in [-0.2, -0.15) is 0 Å². The molecule has 0 saturated heterocycles. The van der Waals surface area contributed by atoms with Crippen LogP contribution < -0.4 is 5.32 Å². The third kappa shape index (κ3) is 3.10. The number of nitrogens with one attached hydrogen (secondary N) is 1. The van der Waals surface area contributed by atoms with E-state index in [4.69, 9.17) is 9.47 Å². The van der Waals surface area contributed by atoms with Gasteiger partial charge in [0.2, 0.25) is 0 Å². The lowest BCUT2D eigenvalue weighted by atomic mass is 10.2. The van der Waals surface area contributed by atoms with Crippen molar-refractivity contribution in [1.82, 2.24) is 5.32 Å². The van der Waals surface area contributed by atoms with Crippen molar-refractivity contribution in [3.05, 3.63) is 48.0 Å². The lowest BCUT2D eigenvalue weighted by molar-refractivity contribution is 0.0803. The molecule has 1 aromatic carbocycles. The number of hydrogen-bond acceptors (Lipinski definition) is 3. The first kappa shape index (κ1) is 10.7.